The van der Waals surface area contributed by atoms with Crippen molar-refractivity contribution in [1.82, 2.24) is 19.7 Å². The number of aromatic hydroxyl groups is 2. The molecular weight excluding hydrogens is 406 g/mol. The van der Waals surface area contributed by atoms with Crippen LogP contribution in [-0.2, 0) is 13.0 Å². The van der Waals surface area contributed by atoms with Gasteiger partial charge in [-0.1, -0.05) is 32.9 Å². The maximum absolute atomic E-state index is 12.5. The number of aromatic amines is 1. The summed E-state index contributed by atoms with van der Waals surface area (Å²) in [6.07, 6.45) is 0.863. The quantitative estimate of drug-likeness (QED) is 0.407. The average molecular weight is 440 g/mol. The fourth-order valence-corrected chi connectivity index (χ4v) is 3.71. The molecule has 32 heavy (non-hydrogen) atoms. The van der Waals surface area contributed by atoms with Crippen LogP contribution < -0.4 is 11.0 Å². The Morgan fingerprint density at radius 1 is 1.16 bits per heavy atom. The van der Waals surface area contributed by atoms with E-state index in [9.17, 15) is 15.0 Å². The number of phenolic OH excluding ortho intramolecular Hbond substituents is 2. The van der Waals surface area contributed by atoms with Crippen LogP contribution in [0.25, 0.3) is 11.4 Å². The number of hydrogen-bond donors (Lipinski definition) is 4. The van der Waals surface area contributed by atoms with Gasteiger partial charge in [0.05, 0.1) is 12.1 Å². The minimum atomic E-state index is -0.357. The summed E-state index contributed by atoms with van der Waals surface area (Å²) >= 11 is 0. The first-order valence-electron chi connectivity index (χ1n) is 10.9. The van der Waals surface area contributed by atoms with Crippen LogP contribution in [0.1, 0.15) is 43.4 Å². The minimum Gasteiger partial charge on any atom is -0.508 e. The van der Waals surface area contributed by atoms with E-state index in [4.69, 9.17) is 0 Å². The summed E-state index contributed by atoms with van der Waals surface area (Å²) in [5, 5.41) is 30.7. The van der Waals surface area contributed by atoms with E-state index in [0.29, 0.717) is 23.5 Å². The molecule has 0 unspecified atom stereocenters. The van der Waals surface area contributed by atoms with Crippen molar-refractivity contribution in [2.24, 2.45) is 0 Å². The first-order valence-corrected chi connectivity index (χ1v) is 10.9. The van der Waals surface area contributed by atoms with Crippen molar-refractivity contribution in [3.05, 3.63) is 57.5 Å². The molecule has 0 bridgehead atoms. The number of benzene rings is 2. The molecule has 0 aliphatic carbocycles. The van der Waals surface area contributed by atoms with Crippen molar-refractivity contribution >= 4 is 5.69 Å². The normalized spacial score (nSPS) is 11.5. The summed E-state index contributed by atoms with van der Waals surface area (Å²) in [6.45, 7) is 8.11. The van der Waals surface area contributed by atoms with Gasteiger partial charge in [-0.2, -0.15) is 5.10 Å². The van der Waals surface area contributed by atoms with E-state index >= 15 is 0 Å². The Labute approximate surface area is 188 Å². The number of phenols is 2. The zero-order valence-electron chi connectivity index (χ0n) is 19.4. The Kier molecular flexibility index (Phi) is 7.25. The number of rotatable bonds is 9. The van der Waals surface area contributed by atoms with E-state index in [1.165, 1.54) is 16.2 Å². The van der Waals surface area contributed by atoms with Gasteiger partial charge in [0.1, 0.15) is 11.5 Å². The van der Waals surface area contributed by atoms with Crippen LogP contribution in [0.4, 0.5) is 5.69 Å². The van der Waals surface area contributed by atoms with E-state index < -0.39 is 0 Å². The molecule has 0 aliphatic heterocycles. The number of aryl methyl sites for hydroxylation is 1. The lowest BCUT2D eigenvalue weighted by Gasteiger charge is -2.16. The fourth-order valence-electron chi connectivity index (χ4n) is 3.71. The molecule has 1 heterocycles. The third kappa shape index (κ3) is 5.13. The Morgan fingerprint density at radius 2 is 1.91 bits per heavy atom. The lowest BCUT2D eigenvalue weighted by molar-refractivity contribution is 0.425. The highest BCUT2D eigenvalue weighted by Gasteiger charge is 2.19. The Hall–Kier alpha value is -3.26. The molecule has 0 saturated carbocycles. The van der Waals surface area contributed by atoms with Crippen molar-refractivity contribution in [2.45, 2.75) is 39.7 Å². The number of likely N-dealkylation sites (N-methyl/N-ethyl adjacent to an activating group) is 1. The number of aromatic nitrogens is 3. The van der Waals surface area contributed by atoms with Crippen molar-refractivity contribution in [2.75, 3.05) is 32.5 Å². The molecule has 0 atom stereocenters. The number of anilines is 1. The van der Waals surface area contributed by atoms with E-state index in [1.54, 1.807) is 6.07 Å². The highest BCUT2D eigenvalue weighted by Crippen LogP contribution is 2.36. The van der Waals surface area contributed by atoms with Gasteiger partial charge in [0.2, 0.25) is 0 Å². The maximum Gasteiger partial charge on any atom is 0.343 e. The van der Waals surface area contributed by atoms with Crippen molar-refractivity contribution in [3.63, 3.8) is 0 Å². The van der Waals surface area contributed by atoms with Crippen LogP contribution in [0.5, 0.6) is 11.5 Å². The molecule has 0 amide bonds. The van der Waals surface area contributed by atoms with Crippen LogP contribution >= 0.6 is 0 Å². The van der Waals surface area contributed by atoms with E-state index in [-0.39, 0.29) is 23.1 Å². The van der Waals surface area contributed by atoms with Crippen LogP contribution in [0.15, 0.2) is 35.1 Å². The Bertz CT molecular complexity index is 1130. The zero-order chi connectivity index (χ0) is 23.4. The second kappa shape index (κ2) is 9.91. The van der Waals surface area contributed by atoms with Gasteiger partial charge < -0.3 is 20.4 Å². The SMILES string of the molecule is CCc1cc(Cn2c(-c3cc(C(C)C)c(O)cc3O)n[nH]c2=O)ccc1NCCN(C)C. The van der Waals surface area contributed by atoms with Crippen LogP contribution in [0.2, 0.25) is 0 Å². The zero-order valence-corrected chi connectivity index (χ0v) is 19.4. The lowest BCUT2D eigenvalue weighted by atomic mass is 9.98. The third-order valence-corrected chi connectivity index (χ3v) is 5.53. The van der Waals surface area contributed by atoms with E-state index in [2.05, 4.69) is 33.4 Å². The van der Waals surface area contributed by atoms with Gasteiger partial charge in [-0.25, -0.2) is 9.89 Å². The molecule has 8 nitrogen and oxygen atoms in total. The lowest BCUT2D eigenvalue weighted by Crippen LogP contribution is -2.21. The van der Waals surface area contributed by atoms with Gasteiger partial charge in [-0.3, -0.25) is 4.57 Å². The fraction of sp³-hybridized carbons (Fsp3) is 0.417. The molecule has 0 radical (unpaired) electrons. The van der Waals surface area contributed by atoms with Gasteiger partial charge in [0.15, 0.2) is 5.82 Å². The maximum atomic E-state index is 12.5. The molecule has 3 rings (SSSR count). The molecule has 8 heteroatoms. The predicted octanol–water partition coefficient (Wildman–Crippen LogP) is 3.36. The largest absolute Gasteiger partial charge is 0.508 e. The van der Waals surface area contributed by atoms with Crippen LogP contribution in [-0.4, -0.2) is 57.1 Å². The molecule has 0 aliphatic rings. The predicted molar refractivity (Wildman–Crippen MR) is 128 cm³/mol. The van der Waals surface area contributed by atoms with E-state index in [0.717, 1.165) is 30.8 Å². The monoisotopic (exact) mass is 439 g/mol. The smallest absolute Gasteiger partial charge is 0.343 e. The third-order valence-electron chi connectivity index (χ3n) is 5.53. The van der Waals surface area contributed by atoms with Crippen molar-refractivity contribution in [3.8, 4) is 22.9 Å². The van der Waals surface area contributed by atoms with Gasteiger partial charge in [-0.15, -0.1) is 0 Å². The summed E-state index contributed by atoms with van der Waals surface area (Å²) in [7, 11) is 4.09. The molecule has 0 spiro atoms. The molecular formula is C24H33N5O3. The van der Waals surface area contributed by atoms with Gasteiger partial charge in [0.25, 0.3) is 0 Å². The second-order valence-corrected chi connectivity index (χ2v) is 8.60. The summed E-state index contributed by atoms with van der Waals surface area (Å²) in [5.74, 6) is 0.284. The summed E-state index contributed by atoms with van der Waals surface area (Å²) in [4.78, 5) is 14.7. The van der Waals surface area contributed by atoms with Gasteiger partial charge >= 0.3 is 5.69 Å². The second-order valence-electron chi connectivity index (χ2n) is 8.60. The van der Waals surface area contributed by atoms with E-state index in [1.807, 2.05) is 40.1 Å². The van der Waals surface area contributed by atoms with Crippen molar-refractivity contribution < 1.29 is 10.2 Å². The Morgan fingerprint density at radius 3 is 2.56 bits per heavy atom. The molecule has 172 valence electrons. The summed E-state index contributed by atoms with van der Waals surface area (Å²) in [6, 6.07) is 9.13. The number of H-pyrrole nitrogens is 1. The molecule has 4 N–H and O–H groups in total. The molecule has 2 aromatic carbocycles. The number of nitrogens with one attached hydrogen (secondary N) is 2. The average Bonchev–Trinajstić information content (AvgIpc) is 3.08. The molecule has 1 aromatic heterocycles. The molecule has 0 saturated heterocycles. The van der Waals surface area contributed by atoms with Crippen LogP contribution in [0.3, 0.4) is 0 Å². The standard InChI is InChI=1S/C24H33N5O3/c1-6-17-11-16(7-8-20(17)25-9-10-28(4)5)14-29-23(26-27-24(29)32)19-12-18(15(2)3)21(30)13-22(19)31/h7-8,11-13,15,25,30-31H,6,9-10,14H2,1-5H3,(H,27,32). The van der Waals surface area contributed by atoms with Crippen molar-refractivity contribution in [1.29, 1.82) is 0 Å². The van der Waals surface area contributed by atoms with Gasteiger partial charge in [0, 0.05) is 24.8 Å². The number of hydrogen-bond acceptors (Lipinski definition) is 6. The first kappa shape index (κ1) is 23.4. The highest BCUT2D eigenvalue weighted by molar-refractivity contribution is 5.67. The van der Waals surface area contributed by atoms with Gasteiger partial charge in [-0.05, 0) is 55.3 Å². The summed E-state index contributed by atoms with van der Waals surface area (Å²) in [5.41, 5.74) is 3.96. The topological polar surface area (TPSA) is 106 Å². The highest BCUT2D eigenvalue weighted by atomic mass is 16.3. The minimum absolute atomic E-state index is 0.0237. The first-order chi connectivity index (χ1) is 15.2. The Balaban J connectivity index is 1.93. The molecule has 0 fully saturated rings. The summed E-state index contributed by atoms with van der Waals surface area (Å²) < 4.78 is 1.50. The molecule has 3 aromatic rings. The number of nitrogens with zero attached hydrogens (tertiary/aromatic N) is 3. The van der Waals surface area contributed by atoms with Crippen LogP contribution in [0, 0.1) is 0 Å².